The highest BCUT2D eigenvalue weighted by Crippen LogP contribution is 2.51. The zero-order valence-corrected chi connectivity index (χ0v) is 13.3. The van der Waals surface area contributed by atoms with E-state index in [1.165, 1.54) is 60.0 Å². The smallest absolute Gasteiger partial charge is 0.0701 e. The number of thiophene rings is 1. The van der Waals surface area contributed by atoms with Crippen LogP contribution in [0, 0.1) is 5.41 Å². The highest BCUT2D eigenvalue weighted by atomic mass is 79.9. The van der Waals surface area contributed by atoms with Crippen LogP contribution in [-0.2, 0) is 6.42 Å². The van der Waals surface area contributed by atoms with Gasteiger partial charge < -0.3 is 5.32 Å². The Balaban J connectivity index is 1.46. The van der Waals surface area contributed by atoms with Gasteiger partial charge in [0.1, 0.15) is 0 Å². The fourth-order valence-electron chi connectivity index (χ4n) is 3.73. The molecule has 2 aliphatic carbocycles. The van der Waals surface area contributed by atoms with Crippen molar-refractivity contribution in [3.05, 3.63) is 20.8 Å². The third-order valence-corrected chi connectivity index (χ3v) is 6.59. The zero-order chi connectivity index (χ0) is 12.4. The number of rotatable bonds is 4. The van der Waals surface area contributed by atoms with E-state index in [0.717, 1.165) is 12.6 Å². The fraction of sp³-hybridized carbons (Fsp3) is 0.733. The lowest BCUT2D eigenvalue weighted by atomic mass is 9.57. The highest BCUT2D eigenvalue weighted by Gasteiger charge is 2.46. The van der Waals surface area contributed by atoms with E-state index in [1.54, 1.807) is 0 Å². The highest BCUT2D eigenvalue weighted by molar-refractivity contribution is 9.11. The Morgan fingerprint density at radius 3 is 2.67 bits per heavy atom. The van der Waals surface area contributed by atoms with Gasteiger partial charge in [0, 0.05) is 17.5 Å². The molecule has 0 radical (unpaired) electrons. The van der Waals surface area contributed by atoms with Crippen molar-refractivity contribution in [2.45, 2.75) is 57.4 Å². The van der Waals surface area contributed by atoms with Gasteiger partial charge in [-0.25, -0.2) is 0 Å². The van der Waals surface area contributed by atoms with Crippen molar-refractivity contribution in [2.75, 3.05) is 6.54 Å². The molecule has 2 aliphatic rings. The topological polar surface area (TPSA) is 12.0 Å². The largest absolute Gasteiger partial charge is 0.313 e. The van der Waals surface area contributed by atoms with Gasteiger partial charge in [0.15, 0.2) is 0 Å². The lowest BCUT2D eigenvalue weighted by Gasteiger charge is -2.52. The van der Waals surface area contributed by atoms with Crippen molar-refractivity contribution in [1.82, 2.24) is 5.32 Å². The molecule has 1 N–H and O–H groups in total. The first-order valence-electron chi connectivity index (χ1n) is 7.26. The Hall–Kier alpha value is 0.140. The van der Waals surface area contributed by atoms with Crippen molar-refractivity contribution in [3.63, 3.8) is 0 Å². The van der Waals surface area contributed by atoms with E-state index in [9.17, 15) is 0 Å². The molecule has 3 heteroatoms. The van der Waals surface area contributed by atoms with Crippen molar-refractivity contribution in [2.24, 2.45) is 5.41 Å². The molecule has 0 amide bonds. The minimum atomic E-state index is 0.703. The molecule has 2 fully saturated rings. The predicted molar refractivity (Wildman–Crippen MR) is 82.3 cm³/mol. The van der Waals surface area contributed by atoms with E-state index in [0.29, 0.717) is 5.41 Å². The molecule has 1 atom stereocenters. The van der Waals surface area contributed by atoms with Crippen LogP contribution in [0.4, 0.5) is 0 Å². The van der Waals surface area contributed by atoms with Gasteiger partial charge in [-0.1, -0.05) is 19.3 Å². The number of hydrogen-bond acceptors (Lipinski definition) is 2. The number of nitrogens with one attached hydrogen (secondary N) is 1. The summed E-state index contributed by atoms with van der Waals surface area (Å²) in [4.78, 5) is 1.49. The Bertz CT molecular complexity index is 395. The van der Waals surface area contributed by atoms with E-state index in [2.05, 4.69) is 33.4 Å². The van der Waals surface area contributed by atoms with E-state index in [-0.39, 0.29) is 0 Å². The Morgan fingerprint density at radius 1 is 1.22 bits per heavy atom. The Morgan fingerprint density at radius 2 is 2.06 bits per heavy atom. The molecule has 0 saturated heterocycles. The summed E-state index contributed by atoms with van der Waals surface area (Å²) in [7, 11) is 0. The van der Waals surface area contributed by atoms with Crippen molar-refractivity contribution in [1.29, 1.82) is 0 Å². The maximum atomic E-state index is 3.83. The second-order valence-electron chi connectivity index (χ2n) is 5.92. The van der Waals surface area contributed by atoms with Gasteiger partial charge in [-0.2, -0.15) is 0 Å². The molecule has 3 rings (SSSR count). The van der Waals surface area contributed by atoms with Gasteiger partial charge in [-0.3, -0.25) is 0 Å². The maximum Gasteiger partial charge on any atom is 0.0701 e. The monoisotopic (exact) mass is 327 g/mol. The van der Waals surface area contributed by atoms with Gasteiger partial charge in [0.05, 0.1) is 3.79 Å². The van der Waals surface area contributed by atoms with Gasteiger partial charge in [0.2, 0.25) is 0 Å². The third kappa shape index (κ3) is 2.68. The van der Waals surface area contributed by atoms with Crippen LogP contribution >= 0.6 is 27.3 Å². The quantitative estimate of drug-likeness (QED) is 0.840. The SMILES string of the molecule is Brc1ccc(CCNC2CCC23CCCCC3)s1. The van der Waals surface area contributed by atoms with Crippen LogP contribution in [0.1, 0.15) is 49.8 Å². The summed E-state index contributed by atoms with van der Waals surface area (Å²) >= 11 is 5.40. The zero-order valence-electron chi connectivity index (χ0n) is 10.9. The third-order valence-electron chi connectivity index (χ3n) is 4.91. The first kappa shape index (κ1) is 13.1. The molecular weight excluding hydrogens is 306 g/mol. The average molecular weight is 328 g/mol. The second kappa shape index (κ2) is 5.64. The van der Waals surface area contributed by atoms with Crippen molar-refractivity contribution in [3.8, 4) is 0 Å². The molecule has 100 valence electrons. The summed E-state index contributed by atoms with van der Waals surface area (Å²) in [5.74, 6) is 0. The fourth-order valence-corrected chi connectivity index (χ4v) is 5.21. The molecule has 1 aromatic heterocycles. The standard InChI is InChI=1S/C15H22BrNS/c16-14-5-4-12(18-14)7-11-17-13-6-10-15(13)8-2-1-3-9-15/h4-5,13,17H,1-3,6-11H2. The summed E-state index contributed by atoms with van der Waals surface area (Å²) in [6.07, 6.45) is 11.4. The van der Waals surface area contributed by atoms with E-state index < -0.39 is 0 Å². The second-order valence-corrected chi connectivity index (χ2v) is 8.47. The minimum absolute atomic E-state index is 0.703. The summed E-state index contributed by atoms with van der Waals surface area (Å²) < 4.78 is 1.25. The van der Waals surface area contributed by atoms with Crippen LogP contribution in [0.15, 0.2) is 15.9 Å². The predicted octanol–water partition coefficient (Wildman–Crippen LogP) is 4.76. The van der Waals surface area contributed by atoms with Crippen LogP contribution in [0.25, 0.3) is 0 Å². The Labute approximate surface area is 122 Å². The number of halogens is 1. The van der Waals surface area contributed by atoms with Crippen LogP contribution in [0.5, 0.6) is 0 Å². The molecule has 1 spiro atoms. The molecule has 0 aliphatic heterocycles. The maximum absolute atomic E-state index is 3.83. The lowest BCUT2D eigenvalue weighted by molar-refractivity contribution is 0.0236. The first-order chi connectivity index (χ1) is 8.78. The average Bonchev–Trinajstić information content (AvgIpc) is 2.80. The lowest BCUT2D eigenvalue weighted by Crippen LogP contribution is -2.54. The number of hydrogen-bond donors (Lipinski definition) is 1. The first-order valence-corrected chi connectivity index (χ1v) is 8.87. The van der Waals surface area contributed by atoms with E-state index >= 15 is 0 Å². The molecule has 1 aromatic rings. The summed E-state index contributed by atoms with van der Waals surface area (Å²) in [6, 6.07) is 5.22. The molecule has 1 heterocycles. The van der Waals surface area contributed by atoms with E-state index in [4.69, 9.17) is 0 Å². The molecule has 18 heavy (non-hydrogen) atoms. The molecule has 0 aromatic carbocycles. The van der Waals surface area contributed by atoms with Crippen LogP contribution in [-0.4, -0.2) is 12.6 Å². The van der Waals surface area contributed by atoms with Gasteiger partial charge in [-0.05, 0) is 65.6 Å². The minimum Gasteiger partial charge on any atom is -0.313 e. The summed E-state index contributed by atoms with van der Waals surface area (Å²) in [5, 5.41) is 3.83. The van der Waals surface area contributed by atoms with Gasteiger partial charge in [-0.15, -0.1) is 11.3 Å². The molecule has 1 nitrogen and oxygen atoms in total. The molecular formula is C15H22BrNS. The normalized spacial score (nSPS) is 26.2. The van der Waals surface area contributed by atoms with Crippen LogP contribution < -0.4 is 5.32 Å². The van der Waals surface area contributed by atoms with Gasteiger partial charge in [0.25, 0.3) is 0 Å². The molecule has 1 unspecified atom stereocenters. The van der Waals surface area contributed by atoms with E-state index in [1.807, 2.05) is 11.3 Å². The van der Waals surface area contributed by atoms with Crippen molar-refractivity contribution < 1.29 is 0 Å². The van der Waals surface area contributed by atoms with Gasteiger partial charge >= 0.3 is 0 Å². The summed E-state index contributed by atoms with van der Waals surface area (Å²) in [5.41, 5.74) is 0.703. The Kier molecular flexibility index (Phi) is 4.12. The molecule has 0 bridgehead atoms. The summed E-state index contributed by atoms with van der Waals surface area (Å²) in [6.45, 7) is 1.15. The van der Waals surface area contributed by atoms with Crippen LogP contribution in [0.3, 0.4) is 0 Å². The van der Waals surface area contributed by atoms with Crippen LogP contribution in [0.2, 0.25) is 0 Å². The van der Waals surface area contributed by atoms with Crippen molar-refractivity contribution >= 4 is 27.3 Å². The molecule has 2 saturated carbocycles.